The molecule has 1 aromatic carbocycles. The van der Waals surface area contributed by atoms with Gasteiger partial charge in [0, 0.05) is 24.1 Å². The summed E-state index contributed by atoms with van der Waals surface area (Å²) < 4.78 is 52.5. The van der Waals surface area contributed by atoms with Gasteiger partial charge < -0.3 is 15.2 Å². The van der Waals surface area contributed by atoms with E-state index >= 15 is 0 Å². The molecule has 0 saturated heterocycles. The standard InChI is InChI=1S/C31H43F3N4O2/c1-19(17-38-36-26-8-5-21(40-4)15-27(26)37-38)23-6-7-24-22-10-14-30(35)16-20(31(32,33)34)9-13-29(30,18-39-3)25(22)11-12-28(23,24)2/h5,8,15,20,22-25H,1,6-7,9-14,16-18,35H2,2-4H3/t20-,22-,23+,24?,25?,28+,29-,30-/m0/s1. The Bertz CT molecular complexity index is 1280. The van der Waals surface area contributed by atoms with Crippen molar-refractivity contribution >= 4 is 11.0 Å². The fraction of sp³-hybridized carbons (Fsp3) is 0.742. The molecule has 4 aliphatic carbocycles. The second-order valence-corrected chi connectivity index (χ2v) is 13.6. The molecule has 0 bridgehead atoms. The van der Waals surface area contributed by atoms with Crippen molar-refractivity contribution in [2.45, 2.75) is 83.0 Å². The van der Waals surface area contributed by atoms with Gasteiger partial charge in [0.05, 0.1) is 26.2 Å². The van der Waals surface area contributed by atoms with E-state index in [4.69, 9.17) is 15.2 Å². The third-order valence-electron chi connectivity index (χ3n) is 11.9. The van der Waals surface area contributed by atoms with Crippen LogP contribution in [0, 0.1) is 40.4 Å². The first kappa shape index (κ1) is 28.0. The van der Waals surface area contributed by atoms with E-state index < -0.39 is 17.6 Å². The molecule has 9 heteroatoms. The molecule has 4 aliphatic rings. The smallest absolute Gasteiger partial charge is 0.391 e. The Morgan fingerprint density at radius 3 is 2.55 bits per heavy atom. The van der Waals surface area contributed by atoms with Gasteiger partial charge in [0.15, 0.2) is 0 Å². The average Bonchev–Trinajstić information content (AvgIpc) is 3.47. The molecule has 6 nitrogen and oxygen atoms in total. The van der Waals surface area contributed by atoms with E-state index in [1.54, 1.807) is 19.0 Å². The number of methoxy groups -OCH3 is 2. The zero-order valence-corrected chi connectivity index (χ0v) is 24.0. The number of hydrogen-bond donors (Lipinski definition) is 1. The molecular formula is C31H43F3N4O2. The van der Waals surface area contributed by atoms with Gasteiger partial charge in [-0.25, -0.2) is 0 Å². The summed E-state index contributed by atoms with van der Waals surface area (Å²) in [7, 11) is 3.32. The molecule has 220 valence electrons. The van der Waals surface area contributed by atoms with Gasteiger partial charge in [-0.3, -0.25) is 0 Å². The van der Waals surface area contributed by atoms with Crippen LogP contribution in [0.4, 0.5) is 13.2 Å². The Kier molecular flexibility index (Phi) is 6.81. The monoisotopic (exact) mass is 560 g/mol. The normalized spacial score (nSPS) is 39.4. The highest BCUT2D eigenvalue weighted by atomic mass is 19.4. The lowest BCUT2D eigenvalue weighted by Crippen LogP contribution is -2.69. The number of ether oxygens (including phenoxy) is 2. The second kappa shape index (κ2) is 9.72. The Morgan fingerprint density at radius 2 is 1.82 bits per heavy atom. The molecule has 0 amide bonds. The number of halogens is 3. The fourth-order valence-electron chi connectivity index (χ4n) is 10.1. The lowest BCUT2D eigenvalue weighted by Gasteiger charge is -2.66. The van der Waals surface area contributed by atoms with Crippen LogP contribution in [0.25, 0.3) is 11.0 Å². The summed E-state index contributed by atoms with van der Waals surface area (Å²) in [6, 6.07) is 5.71. The first-order valence-electron chi connectivity index (χ1n) is 14.9. The number of benzene rings is 1. The number of fused-ring (bicyclic) bond motifs is 6. The molecule has 2 aromatic rings. The molecule has 8 atom stereocenters. The van der Waals surface area contributed by atoms with Crippen molar-refractivity contribution in [2.24, 2.45) is 46.2 Å². The van der Waals surface area contributed by atoms with Crippen LogP contribution in [-0.2, 0) is 11.3 Å². The molecule has 6 rings (SSSR count). The Morgan fingerprint density at radius 1 is 1.05 bits per heavy atom. The number of rotatable bonds is 6. The SMILES string of the molecule is C=C(Cn1nc2ccc(OC)cc2n1)[C@H]1CCC2[C@@H]3CC[C@]4(N)C[C@@H](C(F)(F)F)CC[C@]4(COC)C3CC[C@@]21C. The number of hydrogen-bond acceptors (Lipinski definition) is 5. The molecule has 2 unspecified atom stereocenters. The van der Waals surface area contributed by atoms with E-state index in [0.29, 0.717) is 49.7 Å². The van der Waals surface area contributed by atoms with E-state index in [2.05, 4.69) is 23.7 Å². The Balaban J connectivity index is 1.22. The minimum absolute atomic E-state index is 0.0293. The summed E-state index contributed by atoms with van der Waals surface area (Å²) in [5, 5.41) is 9.37. The van der Waals surface area contributed by atoms with Crippen molar-refractivity contribution in [3.05, 3.63) is 30.4 Å². The van der Waals surface area contributed by atoms with Crippen molar-refractivity contribution in [1.82, 2.24) is 15.0 Å². The topological polar surface area (TPSA) is 75.2 Å². The van der Waals surface area contributed by atoms with Crippen LogP contribution < -0.4 is 10.5 Å². The van der Waals surface area contributed by atoms with Crippen molar-refractivity contribution < 1.29 is 22.6 Å². The molecule has 4 fully saturated rings. The number of allylic oxidation sites excluding steroid dienone is 1. The van der Waals surface area contributed by atoms with Gasteiger partial charge in [0.1, 0.15) is 16.8 Å². The van der Waals surface area contributed by atoms with Gasteiger partial charge >= 0.3 is 6.18 Å². The van der Waals surface area contributed by atoms with Crippen LogP contribution in [0.3, 0.4) is 0 Å². The van der Waals surface area contributed by atoms with Crippen LogP contribution in [-0.4, -0.2) is 47.5 Å². The molecule has 0 radical (unpaired) electrons. The van der Waals surface area contributed by atoms with Crippen LogP contribution in [0.15, 0.2) is 30.4 Å². The third-order valence-corrected chi connectivity index (χ3v) is 11.9. The second-order valence-electron chi connectivity index (χ2n) is 13.6. The highest BCUT2D eigenvalue weighted by molar-refractivity contribution is 5.75. The molecule has 0 spiro atoms. The van der Waals surface area contributed by atoms with Crippen LogP contribution >= 0.6 is 0 Å². The summed E-state index contributed by atoms with van der Waals surface area (Å²) >= 11 is 0. The van der Waals surface area contributed by atoms with Crippen LogP contribution in [0.2, 0.25) is 0 Å². The van der Waals surface area contributed by atoms with Crippen molar-refractivity contribution in [1.29, 1.82) is 0 Å². The quantitative estimate of drug-likeness (QED) is 0.406. The minimum Gasteiger partial charge on any atom is -0.497 e. The first-order valence-corrected chi connectivity index (χ1v) is 14.9. The predicted octanol–water partition coefficient (Wildman–Crippen LogP) is 6.54. The highest BCUT2D eigenvalue weighted by Gasteiger charge is 2.67. The molecule has 2 N–H and O–H groups in total. The van der Waals surface area contributed by atoms with Crippen molar-refractivity contribution in [3.8, 4) is 5.75 Å². The first-order chi connectivity index (χ1) is 18.9. The summed E-state index contributed by atoms with van der Waals surface area (Å²) in [6.45, 7) is 8.02. The number of nitrogens with two attached hydrogens (primary N) is 1. The predicted molar refractivity (Wildman–Crippen MR) is 148 cm³/mol. The van der Waals surface area contributed by atoms with Crippen LogP contribution in [0.5, 0.6) is 5.75 Å². The van der Waals surface area contributed by atoms with Gasteiger partial charge in [-0.2, -0.15) is 28.2 Å². The van der Waals surface area contributed by atoms with E-state index in [-0.39, 0.29) is 23.7 Å². The highest BCUT2D eigenvalue weighted by Crippen LogP contribution is 2.69. The maximum absolute atomic E-state index is 13.8. The zero-order chi connectivity index (χ0) is 28.5. The van der Waals surface area contributed by atoms with E-state index in [0.717, 1.165) is 54.5 Å². The molecule has 0 aliphatic heterocycles. The van der Waals surface area contributed by atoms with Gasteiger partial charge in [0.2, 0.25) is 0 Å². The number of aromatic nitrogens is 3. The van der Waals surface area contributed by atoms with Crippen molar-refractivity contribution in [2.75, 3.05) is 20.8 Å². The summed E-state index contributed by atoms with van der Waals surface area (Å²) in [5.74, 6) is 1.10. The van der Waals surface area contributed by atoms with Crippen molar-refractivity contribution in [3.63, 3.8) is 0 Å². The Labute approximate surface area is 234 Å². The van der Waals surface area contributed by atoms with Gasteiger partial charge in [-0.15, -0.1) is 0 Å². The lowest BCUT2D eigenvalue weighted by molar-refractivity contribution is -0.222. The number of nitrogens with zero attached hydrogens (tertiary/aromatic N) is 3. The fourth-order valence-corrected chi connectivity index (χ4v) is 10.1. The van der Waals surface area contributed by atoms with E-state index in [1.807, 2.05) is 18.2 Å². The summed E-state index contributed by atoms with van der Waals surface area (Å²) in [4.78, 5) is 1.75. The van der Waals surface area contributed by atoms with E-state index in [9.17, 15) is 13.2 Å². The average molecular weight is 561 g/mol. The Hall–Kier alpha value is -2.13. The van der Waals surface area contributed by atoms with Gasteiger partial charge in [-0.05, 0) is 99.0 Å². The zero-order valence-electron chi connectivity index (χ0n) is 24.0. The molecule has 4 saturated carbocycles. The molecule has 1 aromatic heterocycles. The largest absolute Gasteiger partial charge is 0.497 e. The number of alkyl halides is 3. The molecule has 1 heterocycles. The summed E-state index contributed by atoms with van der Waals surface area (Å²) in [5.41, 5.74) is 8.75. The minimum atomic E-state index is -4.19. The molecular weight excluding hydrogens is 517 g/mol. The van der Waals surface area contributed by atoms with Crippen LogP contribution in [0.1, 0.15) is 64.7 Å². The molecule has 40 heavy (non-hydrogen) atoms. The maximum atomic E-state index is 13.8. The maximum Gasteiger partial charge on any atom is 0.391 e. The van der Waals surface area contributed by atoms with E-state index in [1.165, 1.54) is 0 Å². The van der Waals surface area contributed by atoms with Gasteiger partial charge in [0.25, 0.3) is 0 Å². The van der Waals surface area contributed by atoms with Gasteiger partial charge in [-0.1, -0.05) is 19.1 Å². The third kappa shape index (κ3) is 4.20. The lowest BCUT2D eigenvalue weighted by atomic mass is 9.41. The summed E-state index contributed by atoms with van der Waals surface area (Å²) in [6.07, 6.45) is 2.30.